The average molecular weight is 298 g/mol. The number of sulfonamides is 1. The van der Waals surface area contributed by atoms with E-state index in [4.69, 9.17) is 0 Å². The number of nitrogens with one attached hydrogen (secondary N) is 1. The second kappa shape index (κ2) is 7.18. The molecule has 20 heavy (non-hydrogen) atoms. The fourth-order valence-electron chi connectivity index (χ4n) is 2.31. The predicted octanol–water partition coefficient (Wildman–Crippen LogP) is 3.35. The molecule has 114 valence electrons. The first-order valence-electron chi connectivity index (χ1n) is 7.31. The Labute approximate surface area is 123 Å². The van der Waals surface area contributed by atoms with Crippen molar-refractivity contribution < 1.29 is 8.42 Å². The molecule has 0 bridgehead atoms. The Kier molecular flexibility index (Phi) is 6.14. The summed E-state index contributed by atoms with van der Waals surface area (Å²) in [6, 6.07) is 3.27. The van der Waals surface area contributed by atoms with Gasteiger partial charge in [0.15, 0.2) is 0 Å². The molecule has 5 heteroatoms. The molecule has 2 rings (SSSR count). The lowest BCUT2D eigenvalue weighted by molar-refractivity contribution is 0.218. The van der Waals surface area contributed by atoms with Crippen molar-refractivity contribution in [1.82, 2.24) is 9.71 Å². The fraction of sp³-hybridized carbons (Fsp3) is 0.667. The Bertz CT molecular complexity index is 488. The number of aromatic nitrogens is 1. The first-order valence-corrected chi connectivity index (χ1v) is 8.80. The van der Waals surface area contributed by atoms with Crippen molar-refractivity contribution >= 4 is 10.0 Å². The molecule has 1 aliphatic carbocycles. The Hall–Kier alpha value is -0.940. The zero-order valence-corrected chi connectivity index (χ0v) is 13.7. The van der Waals surface area contributed by atoms with Crippen LogP contribution in [0.2, 0.25) is 0 Å². The summed E-state index contributed by atoms with van der Waals surface area (Å²) < 4.78 is 27.0. The molecule has 0 radical (unpaired) electrons. The molecule has 0 saturated heterocycles. The normalized spacial score (nSPS) is 19.0. The van der Waals surface area contributed by atoms with Crippen LogP contribution in [-0.4, -0.2) is 19.4 Å². The highest BCUT2D eigenvalue weighted by molar-refractivity contribution is 7.89. The van der Waals surface area contributed by atoms with Crippen molar-refractivity contribution in [2.75, 3.05) is 0 Å². The molecule has 0 atom stereocenters. The van der Waals surface area contributed by atoms with Gasteiger partial charge in [-0.3, -0.25) is 4.98 Å². The van der Waals surface area contributed by atoms with Crippen LogP contribution in [0.25, 0.3) is 0 Å². The molecule has 1 heterocycles. The highest BCUT2D eigenvalue weighted by Gasteiger charge is 2.29. The Morgan fingerprint density at radius 2 is 1.85 bits per heavy atom. The van der Waals surface area contributed by atoms with Crippen LogP contribution < -0.4 is 4.72 Å². The van der Waals surface area contributed by atoms with Crippen LogP contribution in [0.4, 0.5) is 0 Å². The topological polar surface area (TPSA) is 59.1 Å². The molecular formula is C15H26N2O2S. The van der Waals surface area contributed by atoms with Gasteiger partial charge in [0.1, 0.15) is 4.90 Å². The molecule has 1 N–H and O–H groups in total. The third-order valence-electron chi connectivity index (χ3n) is 3.61. The van der Waals surface area contributed by atoms with E-state index in [-0.39, 0.29) is 10.9 Å². The van der Waals surface area contributed by atoms with Crippen molar-refractivity contribution in [1.29, 1.82) is 0 Å². The smallest absolute Gasteiger partial charge is 0.242 e. The van der Waals surface area contributed by atoms with Crippen molar-refractivity contribution in [2.45, 2.75) is 64.3 Å². The van der Waals surface area contributed by atoms with Gasteiger partial charge in [-0.2, -0.15) is 0 Å². The van der Waals surface area contributed by atoms with E-state index < -0.39 is 10.0 Å². The molecule has 1 saturated carbocycles. The lowest BCUT2D eigenvalue weighted by Crippen LogP contribution is -2.39. The second-order valence-electron chi connectivity index (χ2n) is 5.75. The summed E-state index contributed by atoms with van der Waals surface area (Å²) in [5, 5.41) is 0. The van der Waals surface area contributed by atoms with Crippen molar-refractivity contribution in [3.63, 3.8) is 0 Å². The Morgan fingerprint density at radius 1 is 1.25 bits per heavy atom. The van der Waals surface area contributed by atoms with Gasteiger partial charge in [0.2, 0.25) is 10.0 Å². The van der Waals surface area contributed by atoms with E-state index in [0.29, 0.717) is 5.41 Å². The molecule has 0 spiro atoms. The first kappa shape index (κ1) is 17.1. The van der Waals surface area contributed by atoms with E-state index in [1.165, 1.54) is 6.20 Å². The molecule has 1 aromatic rings. The maximum absolute atomic E-state index is 12.1. The molecule has 0 aliphatic heterocycles. The summed E-state index contributed by atoms with van der Waals surface area (Å²) in [4.78, 5) is 4.09. The van der Waals surface area contributed by atoms with Gasteiger partial charge >= 0.3 is 0 Å². The number of hydrogen-bond acceptors (Lipinski definition) is 3. The molecule has 0 aromatic carbocycles. The van der Waals surface area contributed by atoms with Crippen LogP contribution >= 0.6 is 0 Å². The van der Waals surface area contributed by atoms with Crippen LogP contribution in [0.5, 0.6) is 0 Å². The summed E-state index contributed by atoms with van der Waals surface area (Å²) in [6.07, 6.45) is 6.90. The van der Waals surface area contributed by atoms with E-state index in [0.717, 1.165) is 25.7 Å². The van der Waals surface area contributed by atoms with E-state index in [2.05, 4.69) is 23.6 Å². The molecule has 4 nitrogen and oxygen atoms in total. The van der Waals surface area contributed by atoms with Gasteiger partial charge in [0.05, 0.1) is 0 Å². The minimum Gasteiger partial charge on any atom is -0.263 e. The predicted molar refractivity (Wildman–Crippen MR) is 81.9 cm³/mol. The van der Waals surface area contributed by atoms with Crippen molar-refractivity contribution in [2.24, 2.45) is 5.41 Å². The zero-order chi connectivity index (χ0) is 15.2. The van der Waals surface area contributed by atoms with Gasteiger partial charge in [-0.25, -0.2) is 13.1 Å². The third kappa shape index (κ3) is 4.87. The van der Waals surface area contributed by atoms with E-state index in [1.807, 2.05) is 13.8 Å². The van der Waals surface area contributed by atoms with Crippen molar-refractivity contribution in [3.05, 3.63) is 24.5 Å². The van der Waals surface area contributed by atoms with Crippen LogP contribution in [0.1, 0.15) is 53.4 Å². The number of nitrogens with zero attached hydrogens (tertiary/aromatic N) is 1. The van der Waals surface area contributed by atoms with E-state index >= 15 is 0 Å². The first-order chi connectivity index (χ1) is 9.39. The second-order valence-corrected chi connectivity index (χ2v) is 7.46. The standard InChI is InChI=1S/C13H20N2O2S.C2H6/c1-13(2)7-5-11(6-8-13)15-18(16,17)12-4-3-9-14-10-12;1-2/h3-4,9-11,15H,5-8H2,1-2H3;1-2H3. The van der Waals surface area contributed by atoms with Crippen LogP contribution in [0.3, 0.4) is 0 Å². The van der Waals surface area contributed by atoms with Crippen molar-refractivity contribution in [3.8, 4) is 0 Å². The monoisotopic (exact) mass is 298 g/mol. The summed E-state index contributed by atoms with van der Waals surface area (Å²) >= 11 is 0. The number of hydrogen-bond donors (Lipinski definition) is 1. The van der Waals surface area contributed by atoms with Crippen LogP contribution in [-0.2, 0) is 10.0 Å². The minimum atomic E-state index is -3.41. The van der Waals surface area contributed by atoms with Crippen LogP contribution in [0, 0.1) is 5.41 Å². The Balaban J connectivity index is 0.000000956. The largest absolute Gasteiger partial charge is 0.263 e. The molecule has 1 aliphatic rings. The van der Waals surface area contributed by atoms with E-state index in [9.17, 15) is 8.42 Å². The average Bonchev–Trinajstić information content (AvgIpc) is 2.44. The Morgan fingerprint density at radius 3 is 2.35 bits per heavy atom. The van der Waals surface area contributed by atoms with Gasteiger partial charge in [0, 0.05) is 18.4 Å². The minimum absolute atomic E-state index is 0.0585. The molecule has 1 aromatic heterocycles. The lowest BCUT2D eigenvalue weighted by Gasteiger charge is -2.34. The highest BCUT2D eigenvalue weighted by atomic mass is 32.2. The SMILES string of the molecule is CC.CC1(C)CCC(NS(=O)(=O)c2cccnc2)CC1. The van der Waals surface area contributed by atoms with Gasteiger partial charge in [-0.1, -0.05) is 27.7 Å². The highest BCUT2D eigenvalue weighted by Crippen LogP contribution is 2.35. The van der Waals surface area contributed by atoms with E-state index in [1.54, 1.807) is 18.3 Å². The molecule has 0 unspecified atom stereocenters. The third-order valence-corrected chi connectivity index (χ3v) is 5.11. The quantitative estimate of drug-likeness (QED) is 0.931. The van der Waals surface area contributed by atoms with Gasteiger partial charge in [-0.15, -0.1) is 0 Å². The molecular weight excluding hydrogens is 272 g/mol. The van der Waals surface area contributed by atoms with Gasteiger partial charge < -0.3 is 0 Å². The summed E-state index contributed by atoms with van der Waals surface area (Å²) in [5.41, 5.74) is 0.343. The summed E-state index contributed by atoms with van der Waals surface area (Å²) in [6.45, 7) is 8.47. The van der Waals surface area contributed by atoms with Crippen LogP contribution in [0.15, 0.2) is 29.4 Å². The summed E-state index contributed by atoms with van der Waals surface area (Å²) in [7, 11) is -3.41. The van der Waals surface area contributed by atoms with Gasteiger partial charge in [-0.05, 0) is 43.2 Å². The molecule has 0 amide bonds. The zero-order valence-electron chi connectivity index (χ0n) is 12.9. The fourth-order valence-corrected chi connectivity index (χ4v) is 3.58. The summed E-state index contributed by atoms with van der Waals surface area (Å²) in [5.74, 6) is 0. The number of rotatable bonds is 3. The number of pyridine rings is 1. The molecule has 1 fully saturated rings. The maximum atomic E-state index is 12.1. The lowest BCUT2D eigenvalue weighted by atomic mass is 9.76. The van der Waals surface area contributed by atoms with Gasteiger partial charge in [0.25, 0.3) is 0 Å². The maximum Gasteiger partial charge on any atom is 0.242 e.